The van der Waals surface area contributed by atoms with Crippen molar-refractivity contribution in [1.29, 1.82) is 0 Å². The Morgan fingerprint density at radius 1 is 1.58 bits per heavy atom. The van der Waals surface area contributed by atoms with Crippen molar-refractivity contribution < 1.29 is 9.53 Å². The minimum absolute atomic E-state index is 0.161. The van der Waals surface area contributed by atoms with Gasteiger partial charge in [0, 0.05) is 22.9 Å². The van der Waals surface area contributed by atoms with Crippen molar-refractivity contribution in [2.75, 3.05) is 6.61 Å². The van der Waals surface area contributed by atoms with Gasteiger partial charge in [-0.1, -0.05) is 12.5 Å². The van der Waals surface area contributed by atoms with Gasteiger partial charge in [0.2, 0.25) is 5.91 Å². The molecule has 2 saturated carbocycles. The third-order valence-electron chi connectivity index (χ3n) is 4.69. The maximum atomic E-state index is 12.1. The Morgan fingerprint density at radius 3 is 3.00 bits per heavy atom. The lowest BCUT2D eigenvalue weighted by Crippen LogP contribution is -2.67. The molecule has 104 valence electrons. The Labute approximate surface area is 118 Å². The Kier molecular flexibility index (Phi) is 3.63. The fourth-order valence-corrected chi connectivity index (χ4v) is 4.16. The zero-order valence-electron chi connectivity index (χ0n) is 11.4. The molecule has 1 heterocycles. The summed E-state index contributed by atoms with van der Waals surface area (Å²) in [4.78, 5) is 13.2. The van der Waals surface area contributed by atoms with Gasteiger partial charge in [-0.15, -0.1) is 11.3 Å². The second-order valence-electron chi connectivity index (χ2n) is 5.64. The van der Waals surface area contributed by atoms with Crippen molar-refractivity contribution in [3.8, 4) is 0 Å². The number of carbonyl (C=O) groups is 1. The molecule has 2 atom stereocenters. The van der Waals surface area contributed by atoms with Crippen LogP contribution in [0.25, 0.3) is 0 Å². The van der Waals surface area contributed by atoms with Crippen LogP contribution in [-0.2, 0) is 16.0 Å². The Morgan fingerprint density at radius 2 is 2.42 bits per heavy atom. The van der Waals surface area contributed by atoms with Gasteiger partial charge >= 0.3 is 0 Å². The molecule has 0 unspecified atom stereocenters. The number of amides is 1. The van der Waals surface area contributed by atoms with E-state index < -0.39 is 0 Å². The third-order valence-corrected chi connectivity index (χ3v) is 5.56. The second kappa shape index (κ2) is 5.25. The van der Waals surface area contributed by atoms with Gasteiger partial charge in [-0.25, -0.2) is 0 Å². The number of hydrogen-bond acceptors (Lipinski definition) is 3. The Balaban J connectivity index is 1.54. The van der Waals surface area contributed by atoms with Crippen molar-refractivity contribution in [3.05, 3.63) is 22.4 Å². The number of rotatable bonds is 5. The molecule has 19 heavy (non-hydrogen) atoms. The number of nitrogens with one attached hydrogen (secondary N) is 1. The summed E-state index contributed by atoms with van der Waals surface area (Å²) in [6.07, 6.45) is 5.58. The average Bonchev–Trinajstić information content (AvgIpc) is 2.78. The molecule has 1 aromatic heterocycles. The van der Waals surface area contributed by atoms with E-state index in [0.717, 1.165) is 17.9 Å². The minimum Gasteiger partial charge on any atom is -0.378 e. The van der Waals surface area contributed by atoms with Crippen LogP contribution in [0.1, 0.15) is 37.5 Å². The van der Waals surface area contributed by atoms with Gasteiger partial charge in [-0.2, -0.15) is 0 Å². The van der Waals surface area contributed by atoms with E-state index in [9.17, 15) is 4.79 Å². The normalized spacial score (nSPS) is 27.6. The summed E-state index contributed by atoms with van der Waals surface area (Å²) >= 11 is 1.65. The van der Waals surface area contributed by atoms with Crippen molar-refractivity contribution in [3.63, 3.8) is 0 Å². The molecule has 1 amide bonds. The fraction of sp³-hybridized carbons (Fsp3) is 0.667. The molecule has 1 spiro atoms. The smallest absolute Gasteiger partial charge is 0.225 e. The molecule has 0 saturated heterocycles. The number of hydrogen-bond donors (Lipinski definition) is 1. The maximum absolute atomic E-state index is 12.1. The van der Waals surface area contributed by atoms with E-state index in [1.807, 2.05) is 17.5 Å². The highest BCUT2D eigenvalue weighted by atomic mass is 32.1. The number of carbonyl (C=O) groups excluding carboxylic acids is 1. The van der Waals surface area contributed by atoms with Gasteiger partial charge in [-0.3, -0.25) is 4.79 Å². The summed E-state index contributed by atoms with van der Waals surface area (Å²) in [5, 5.41) is 5.24. The molecule has 0 aromatic carbocycles. The predicted molar refractivity (Wildman–Crippen MR) is 76.3 cm³/mol. The summed E-state index contributed by atoms with van der Waals surface area (Å²) in [7, 11) is 0. The molecule has 4 heteroatoms. The van der Waals surface area contributed by atoms with Gasteiger partial charge in [0.25, 0.3) is 0 Å². The molecule has 2 aliphatic carbocycles. The van der Waals surface area contributed by atoms with Crippen LogP contribution in [0.15, 0.2) is 17.5 Å². The van der Waals surface area contributed by atoms with Crippen LogP contribution in [0.5, 0.6) is 0 Å². The molecular weight excluding hydrogens is 258 g/mol. The van der Waals surface area contributed by atoms with Crippen LogP contribution in [0.3, 0.4) is 0 Å². The van der Waals surface area contributed by atoms with E-state index in [1.165, 1.54) is 19.3 Å². The summed E-state index contributed by atoms with van der Waals surface area (Å²) in [5.41, 5.74) is 0.265. The Hall–Kier alpha value is -0.870. The van der Waals surface area contributed by atoms with E-state index in [1.54, 1.807) is 11.3 Å². The van der Waals surface area contributed by atoms with Crippen LogP contribution < -0.4 is 5.32 Å². The van der Waals surface area contributed by atoms with E-state index in [-0.39, 0.29) is 11.3 Å². The monoisotopic (exact) mass is 279 g/mol. The van der Waals surface area contributed by atoms with Crippen LogP contribution in [0, 0.1) is 5.41 Å². The van der Waals surface area contributed by atoms with Gasteiger partial charge in [0.05, 0.1) is 12.5 Å². The Bertz CT molecular complexity index is 439. The third kappa shape index (κ3) is 2.32. The highest BCUT2D eigenvalue weighted by Gasteiger charge is 2.59. The SMILES string of the molecule is CCO[C@@H]1C[C@@H](NC(=O)Cc2cccs2)C12CCC2. The number of ether oxygens (including phenoxy) is 1. The first-order valence-electron chi connectivity index (χ1n) is 7.18. The van der Waals surface area contributed by atoms with Crippen molar-refractivity contribution >= 4 is 17.2 Å². The molecule has 0 bridgehead atoms. The number of thiophene rings is 1. The van der Waals surface area contributed by atoms with Gasteiger partial charge in [0.15, 0.2) is 0 Å². The maximum Gasteiger partial charge on any atom is 0.225 e. The average molecular weight is 279 g/mol. The van der Waals surface area contributed by atoms with Crippen molar-refractivity contribution in [2.24, 2.45) is 5.41 Å². The lowest BCUT2D eigenvalue weighted by molar-refractivity contribution is -0.175. The molecule has 2 fully saturated rings. The second-order valence-corrected chi connectivity index (χ2v) is 6.67. The van der Waals surface area contributed by atoms with Gasteiger partial charge < -0.3 is 10.1 Å². The fourth-order valence-electron chi connectivity index (χ4n) is 3.46. The lowest BCUT2D eigenvalue weighted by atomic mass is 9.51. The summed E-state index contributed by atoms with van der Waals surface area (Å²) < 4.78 is 5.80. The van der Waals surface area contributed by atoms with E-state index >= 15 is 0 Å². The van der Waals surface area contributed by atoms with E-state index in [2.05, 4.69) is 12.2 Å². The highest BCUT2D eigenvalue weighted by Crippen LogP contribution is 2.57. The first-order chi connectivity index (χ1) is 9.24. The van der Waals surface area contributed by atoms with E-state index in [4.69, 9.17) is 4.74 Å². The largest absolute Gasteiger partial charge is 0.378 e. The summed E-state index contributed by atoms with van der Waals surface area (Å²) in [5.74, 6) is 0.161. The standard InChI is InChI=1S/C15H21NO2S/c1-2-18-13-10-12(15(13)6-4-7-15)16-14(17)9-11-5-3-8-19-11/h3,5,8,12-13H,2,4,6-7,9-10H2,1H3,(H,16,17)/t12-,13-/m1/s1. The molecule has 0 radical (unpaired) electrons. The molecule has 2 aliphatic rings. The van der Waals surface area contributed by atoms with Crippen molar-refractivity contribution in [2.45, 2.75) is 51.2 Å². The minimum atomic E-state index is 0.161. The van der Waals surface area contributed by atoms with Crippen molar-refractivity contribution in [1.82, 2.24) is 5.32 Å². The molecule has 3 rings (SSSR count). The van der Waals surface area contributed by atoms with Crippen LogP contribution in [0.2, 0.25) is 0 Å². The molecule has 1 N–H and O–H groups in total. The lowest BCUT2D eigenvalue weighted by Gasteiger charge is -2.61. The predicted octanol–water partition coefficient (Wildman–Crippen LogP) is 2.75. The zero-order chi connectivity index (χ0) is 13.3. The molecule has 1 aromatic rings. The molecule has 0 aliphatic heterocycles. The quantitative estimate of drug-likeness (QED) is 0.900. The van der Waals surface area contributed by atoms with Crippen LogP contribution in [0.4, 0.5) is 0 Å². The summed E-state index contributed by atoms with van der Waals surface area (Å²) in [6.45, 7) is 2.83. The van der Waals surface area contributed by atoms with Crippen LogP contribution >= 0.6 is 11.3 Å². The first-order valence-corrected chi connectivity index (χ1v) is 8.06. The first kappa shape index (κ1) is 13.1. The molecule has 3 nitrogen and oxygen atoms in total. The topological polar surface area (TPSA) is 38.3 Å². The zero-order valence-corrected chi connectivity index (χ0v) is 12.2. The van der Waals surface area contributed by atoms with E-state index in [0.29, 0.717) is 18.6 Å². The van der Waals surface area contributed by atoms with Crippen LogP contribution in [-0.4, -0.2) is 24.7 Å². The van der Waals surface area contributed by atoms with Gasteiger partial charge in [0.1, 0.15) is 0 Å². The summed E-state index contributed by atoms with van der Waals surface area (Å²) in [6, 6.07) is 4.35. The molecular formula is C15H21NO2S. The highest BCUT2D eigenvalue weighted by molar-refractivity contribution is 7.10. The van der Waals surface area contributed by atoms with Gasteiger partial charge in [-0.05, 0) is 37.6 Å².